The number of alkyl halides is 1. The Bertz CT molecular complexity index is 1060. The highest BCUT2D eigenvalue weighted by Crippen LogP contribution is 2.32. The minimum Gasteiger partial charge on any atom is -0.449 e. The first kappa shape index (κ1) is 26.9. The van der Waals surface area contributed by atoms with E-state index in [9.17, 15) is 19.6 Å². The van der Waals surface area contributed by atoms with Gasteiger partial charge in [0.2, 0.25) is 0 Å². The number of halogens is 1. The third-order valence-corrected chi connectivity index (χ3v) is 6.40. The number of hydrogen-bond donors (Lipinski definition) is 4. The molecular formula is C25H34FN7O3. The summed E-state index contributed by atoms with van der Waals surface area (Å²) in [7, 11) is 0. The number of nitrogens with two attached hydrogens (primary N) is 1. The summed E-state index contributed by atoms with van der Waals surface area (Å²) >= 11 is 0. The molecule has 10 nitrogen and oxygen atoms in total. The van der Waals surface area contributed by atoms with E-state index >= 15 is 0 Å². The van der Waals surface area contributed by atoms with Gasteiger partial charge < -0.3 is 30.9 Å². The van der Waals surface area contributed by atoms with Crippen molar-refractivity contribution in [2.24, 2.45) is 16.9 Å². The van der Waals surface area contributed by atoms with Crippen LogP contribution >= 0.6 is 0 Å². The molecule has 0 aromatic carbocycles. The number of carbonyl (C=O) groups is 1. The molecule has 194 valence electrons. The molecule has 11 heteroatoms. The molecule has 1 unspecified atom stereocenters. The van der Waals surface area contributed by atoms with E-state index in [1.165, 1.54) is 26.5 Å². The third kappa shape index (κ3) is 7.18. The minimum absolute atomic E-state index is 0.195. The second-order valence-corrected chi connectivity index (χ2v) is 9.79. The predicted molar refractivity (Wildman–Crippen MR) is 133 cm³/mol. The number of hydrogen-bond acceptors (Lipinski definition) is 9. The molecule has 0 saturated heterocycles. The molecular weight excluding hydrogens is 465 g/mol. The lowest BCUT2D eigenvalue weighted by molar-refractivity contribution is -0.118. The molecule has 3 rings (SSSR count). The summed E-state index contributed by atoms with van der Waals surface area (Å²) in [6.45, 7) is 4.77. The monoisotopic (exact) mass is 499 g/mol. The summed E-state index contributed by atoms with van der Waals surface area (Å²) in [5.41, 5.74) is -0.242. The molecule has 36 heavy (non-hydrogen) atoms. The van der Waals surface area contributed by atoms with E-state index in [1.54, 1.807) is 18.5 Å². The van der Waals surface area contributed by atoms with Crippen LogP contribution in [-0.2, 0) is 11.2 Å². The first-order chi connectivity index (χ1) is 17.1. The lowest BCUT2D eigenvalue weighted by Gasteiger charge is -2.38. The first-order valence-electron chi connectivity index (χ1n) is 11.9. The van der Waals surface area contributed by atoms with Gasteiger partial charge in [-0.2, -0.15) is 10.4 Å². The molecule has 1 aromatic rings. The normalized spacial score (nSPS) is 22.2. The number of nitrogens with zero attached hydrogens (tertiary/aromatic N) is 4. The number of hydrazone groups is 1. The van der Waals surface area contributed by atoms with Crippen molar-refractivity contribution in [3.8, 4) is 6.07 Å². The fourth-order valence-corrected chi connectivity index (χ4v) is 4.14. The summed E-state index contributed by atoms with van der Waals surface area (Å²) < 4.78 is 19.6. The number of aromatic nitrogens is 1. The van der Waals surface area contributed by atoms with Crippen LogP contribution in [0.5, 0.6) is 0 Å². The van der Waals surface area contributed by atoms with Crippen LogP contribution in [0.15, 0.2) is 57.3 Å². The summed E-state index contributed by atoms with van der Waals surface area (Å²) in [5.74, 6) is 6.03. The smallest absolute Gasteiger partial charge is 0.254 e. The van der Waals surface area contributed by atoms with Crippen LogP contribution in [0.3, 0.4) is 0 Å². The van der Waals surface area contributed by atoms with Crippen LogP contribution in [0.1, 0.15) is 39.4 Å². The van der Waals surface area contributed by atoms with Crippen LogP contribution in [0.25, 0.3) is 0 Å². The van der Waals surface area contributed by atoms with E-state index in [0.29, 0.717) is 29.3 Å². The molecule has 5 N–H and O–H groups in total. The van der Waals surface area contributed by atoms with Gasteiger partial charge in [0.25, 0.3) is 5.91 Å². The second kappa shape index (κ2) is 11.9. The Hall–Kier alpha value is -3.65. The quantitative estimate of drug-likeness (QED) is 0.155. The highest BCUT2D eigenvalue weighted by molar-refractivity contribution is 5.97. The fourth-order valence-electron chi connectivity index (χ4n) is 4.14. The van der Waals surface area contributed by atoms with Gasteiger partial charge in [-0.05, 0) is 51.7 Å². The average molecular weight is 500 g/mol. The SMILES string of the molecule is CC(/C=C(C#N)\C=N/N)N1C=C(C(=O)NC[C@@H](F)C(C)(C)O)C(NC2CC(Cc3cnco3)C2)=CC1. The van der Waals surface area contributed by atoms with Crippen molar-refractivity contribution in [3.63, 3.8) is 0 Å². The Morgan fingerprint density at radius 3 is 2.89 bits per heavy atom. The van der Waals surface area contributed by atoms with Crippen molar-refractivity contribution in [1.29, 1.82) is 5.26 Å². The molecule has 1 aromatic heterocycles. The van der Waals surface area contributed by atoms with Crippen LogP contribution in [0.4, 0.5) is 4.39 Å². The second-order valence-electron chi connectivity index (χ2n) is 9.79. The number of rotatable bonds is 11. The van der Waals surface area contributed by atoms with Crippen molar-refractivity contribution in [3.05, 3.63) is 53.5 Å². The van der Waals surface area contributed by atoms with Crippen LogP contribution in [0.2, 0.25) is 0 Å². The van der Waals surface area contributed by atoms with E-state index in [4.69, 9.17) is 10.3 Å². The number of nitrogens with one attached hydrogen (secondary N) is 2. The van der Waals surface area contributed by atoms with Crippen LogP contribution < -0.4 is 16.5 Å². The number of allylic oxidation sites excluding steroid dienone is 1. The Morgan fingerprint density at radius 1 is 1.53 bits per heavy atom. The molecule has 1 amide bonds. The van der Waals surface area contributed by atoms with Gasteiger partial charge in [-0.25, -0.2) is 9.37 Å². The molecule has 1 fully saturated rings. The number of oxazole rings is 1. The number of amides is 1. The highest BCUT2D eigenvalue weighted by atomic mass is 19.1. The maximum atomic E-state index is 14.3. The van der Waals surface area contributed by atoms with E-state index in [-0.39, 0.29) is 18.6 Å². The van der Waals surface area contributed by atoms with Gasteiger partial charge >= 0.3 is 0 Å². The molecule has 2 aliphatic rings. The van der Waals surface area contributed by atoms with E-state index in [2.05, 4.69) is 20.7 Å². The van der Waals surface area contributed by atoms with Crippen molar-refractivity contribution < 1.29 is 18.7 Å². The number of nitriles is 1. The molecule has 0 bridgehead atoms. The minimum atomic E-state index is -1.62. The average Bonchev–Trinajstić information content (AvgIpc) is 3.33. The largest absolute Gasteiger partial charge is 0.449 e. The molecule has 0 radical (unpaired) electrons. The third-order valence-electron chi connectivity index (χ3n) is 6.40. The van der Waals surface area contributed by atoms with Crippen LogP contribution in [0, 0.1) is 17.2 Å². The van der Waals surface area contributed by atoms with Crippen molar-refractivity contribution in [2.75, 3.05) is 13.1 Å². The van der Waals surface area contributed by atoms with Crippen molar-refractivity contribution in [2.45, 2.75) is 63.9 Å². The maximum Gasteiger partial charge on any atom is 0.254 e. The van der Waals surface area contributed by atoms with Gasteiger partial charge in [-0.15, -0.1) is 0 Å². The Labute approximate surface area is 210 Å². The molecule has 2 atom stereocenters. The molecule has 2 heterocycles. The highest BCUT2D eigenvalue weighted by Gasteiger charge is 2.33. The van der Waals surface area contributed by atoms with Crippen molar-refractivity contribution >= 4 is 12.1 Å². The zero-order chi connectivity index (χ0) is 26.3. The molecule has 0 spiro atoms. The van der Waals surface area contributed by atoms with Gasteiger partial charge in [0, 0.05) is 36.9 Å². The molecule has 1 aliphatic carbocycles. The zero-order valence-corrected chi connectivity index (χ0v) is 20.8. The summed E-state index contributed by atoms with van der Waals surface area (Å²) in [5, 5.41) is 28.6. The first-order valence-corrected chi connectivity index (χ1v) is 11.9. The molecule has 1 aliphatic heterocycles. The van der Waals surface area contributed by atoms with Crippen molar-refractivity contribution in [1.82, 2.24) is 20.5 Å². The van der Waals surface area contributed by atoms with E-state index in [0.717, 1.165) is 25.0 Å². The lowest BCUT2D eigenvalue weighted by Crippen LogP contribution is -2.46. The van der Waals surface area contributed by atoms with Gasteiger partial charge in [-0.1, -0.05) is 0 Å². The van der Waals surface area contributed by atoms with Gasteiger partial charge in [0.15, 0.2) is 6.39 Å². The lowest BCUT2D eigenvalue weighted by atomic mass is 9.77. The van der Waals surface area contributed by atoms with Crippen LogP contribution in [-0.4, -0.2) is 64.1 Å². The zero-order valence-electron chi connectivity index (χ0n) is 20.8. The Morgan fingerprint density at radius 2 is 2.28 bits per heavy atom. The van der Waals surface area contributed by atoms with E-state index in [1.807, 2.05) is 24.0 Å². The molecule has 1 saturated carbocycles. The fraction of sp³-hybridized carbons (Fsp3) is 0.520. The summed E-state index contributed by atoms with van der Waals surface area (Å²) in [6, 6.07) is 1.98. The summed E-state index contributed by atoms with van der Waals surface area (Å²) in [4.78, 5) is 18.9. The maximum absolute atomic E-state index is 14.3. The summed E-state index contributed by atoms with van der Waals surface area (Å²) in [6.07, 6.45) is 10.8. The van der Waals surface area contributed by atoms with Gasteiger partial charge in [-0.3, -0.25) is 4.79 Å². The Balaban J connectivity index is 1.70. The standard InChI is InChI=1S/C25H34FN7O3/c1-16(6-18(10-27)11-31-28)33-5-4-22(21(14-33)24(34)30-13-23(26)25(2,3)35)32-19-7-17(8-19)9-20-12-29-15-36-20/h4,6,11-12,14-17,19,23,32,35H,5,7-9,13,28H2,1-3H3,(H,30,34)/b18-6-,31-11-/t16?,17?,19?,23-/m1/s1. The van der Waals surface area contributed by atoms with E-state index < -0.39 is 17.7 Å². The predicted octanol–water partition coefficient (Wildman–Crippen LogP) is 1.68. The topological polar surface area (TPSA) is 153 Å². The van der Waals surface area contributed by atoms with Gasteiger partial charge in [0.1, 0.15) is 18.0 Å². The number of carbonyl (C=O) groups excluding carboxylic acids is 1. The van der Waals surface area contributed by atoms with Gasteiger partial charge in [0.05, 0.1) is 35.7 Å². The number of aliphatic hydroxyl groups is 1. The Kier molecular flexibility index (Phi) is 8.88.